The lowest BCUT2D eigenvalue weighted by Crippen LogP contribution is -2.16. The summed E-state index contributed by atoms with van der Waals surface area (Å²) in [5.41, 5.74) is 6.43. The third-order valence-electron chi connectivity index (χ3n) is 1.83. The largest absolute Gasteiger partial charge is 0.397 e. The predicted molar refractivity (Wildman–Crippen MR) is 57.7 cm³/mol. The van der Waals surface area contributed by atoms with Crippen LogP contribution in [-0.4, -0.2) is 22.7 Å². The van der Waals surface area contributed by atoms with Crippen molar-refractivity contribution in [3.63, 3.8) is 0 Å². The van der Waals surface area contributed by atoms with Crippen LogP contribution in [0.4, 0.5) is 17.1 Å². The lowest BCUT2D eigenvalue weighted by atomic mass is 10.2. The van der Waals surface area contributed by atoms with Crippen molar-refractivity contribution >= 4 is 17.1 Å². The first-order valence-electron chi connectivity index (χ1n) is 4.46. The molecule has 4 N–H and O–H groups in total. The zero-order valence-corrected chi connectivity index (χ0v) is 8.30. The Morgan fingerprint density at radius 2 is 2.33 bits per heavy atom. The van der Waals surface area contributed by atoms with Gasteiger partial charge in [0.15, 0.2) is 0 Å². The molecule has 0 saturated heterocycles. The van der Waals surface area contributed by atoms with Gasteiger partial charge in [0.25, 0.3) is 5.69 Å². The summed E-state index contributed by atoms with van der Waals surface area (Å²) in [5.74, 6) is 0. The van der Waals surface area contributed by atoms with Gasteiger partial charge in [-0.15, -0.1) is 0 Å². The highest BCUT2D eigenvalue weighted by Crippen LogP contribution is 2.23. The molecule has 0 aliphatic rings. The number of aliphatic hydroxyl groups is 1. The van der Waals surface area contributed by atoms with Gasteiger partial charge >= 0.3 is 0 Å². The first kappa shape index (κ1) is 11.3. The number of nitro groups is 1. The molecule has 1 rings (SSSR count). The molecule has 1 atom stereocenters. The lowest BCUT2D eigenvalue weighted by molar-refractivity contribution is -0.384. The standard InChI is InChI=1S/C9H13N3O3/c1-6(13)5-11-9-3-2-7(12(14)15)4-8(9)10/h2-4,6,11,13H,5,10H2,1H3/t6-/m1/s1. The second-order valence-electron chi connectivity index (χ2n) is 3.26. The van der Waals surface area contributed by atoms with Gasteiger partial charge in [-0.3, -0.25) is 10.1 Å². The van der Waals surface area contributed by atoms with Gasteiger partial charge in [-0.1, -0.05) is 0 Å². The third-order valence-corrected chi connectivity index (χ3v) is 1.83. The van der Waals surface area contributed by atoms with E-state index in [2.05, 4.69) is 5.32 Å². The van der Waals surface area contributed by atoms with Crippen LogP contribution in [0.5, 0.6) is 0 Å². The quantitative estimate of drug-likeness (QED) is 0.391. The Kier molecular flexibility index (Phi) is 3.46. The number of rotatable bonds is 4. The van der Waals surface area contributed by atoms with Crippen molar-refractivity contribution in [2.75, 3.05) is 17.6 Å². The maximum absolute atomic E-state index is 10.4. The first-order chi connectivity index (χ1) is 7.00. The van der Waals surface area contributed by atoms with Crippen molar-refractivity contribution in [2.24, 2.45) is 0 Å². The molecular weight excluding hydrogens is 198 g/mol. The smallest absolute Gasteiger partial charge is 0.271 e. The van der Waals surface area contributed by atoms with Gasteiger partial charge in [0.05, 0.1) is 22.4 Å². The van der Waals surface area contributed by atoms with Gasteiger partial charge in [-0.2, -0.15) is 0 Å². The summed E-state index contributed by atoms with van der Waals surface area (Å²) in [5, 5.41) is 22.3. The third kappa shape index (κ3) is 3.10. The number of nitrogens with zero attached hydrogens (tertiary/aromatic N) is 1. The molecule has 0 saturated carbocycles. The summed E-state index contributed by atoms with van der Waals surface area (Å²) in [6.45, 7) is 1.98. The first-order valence-corrected chi connectivity index (χ1v) is 4.46. The minimum absolute atomic E-state index is 0.0462. The highest BCUT2D eigenvalue weighted by Gasteiger charge is 2.08. The second-order valence-corrected chi connectivity index (χ2v) is 3.26. The molecule has 0 aliphatic heterocycles. The van der Waals surface area contributed by atoms with Crippen LogP contribution in [0.15, 0.2) is 18.2 Å². The fraction of sp³-hybridized carbons (Fsp3) is 0.333. The van der Waals surface area contributed by atoms with Crippen molar-refractivity contribution in [1.29, 1.82) is 0 Å². The fourth-order valence-corrected chi connectivity index (χ4v) is 1.08. The van der Waals surface area contributed by atoms with Gasteiger partial charge in [-0.25, -0.2) is 0 Å². The number of anilines is 2. The average molecular weight is 211 g/mol. The number of nitrogens with two attached hydrogens (primary N) is 1. The van der Waals surface area contributed by atoms with Crippen molar-refractivity contribution in [3.05, 3.63) is 28.3 Å². The minimum atomic E-state index is -0.505. The molecule has 0 amide bonds. The Morgan fingerprint density at radius 1 is 1.67 bits per heavy atom. The molecular formula is C9H13N3O3. The molecule has 0 bridgehead atoms. The van der Waals surface area contributed by atoms with Gasteiger partial charge in [0.1, 0.15) is 0 Å². The molecule has 0 spiro atoms. The Hall–Kier alpha value is -1.82. The summed E-state index contributed by atoms with van der Waals surface area (Å²) in [4.78, 5) is 9.91. The highest BCUT2D eigenvalue weighted by atomic mass is 16.6. The molecule has 0 heterocycles. The van der Waals surface area contributed by atoms with E-state index < -0.39 is 11.0 Å². The number of hydrogen-bond acceptors (Lipinski definition) is 5. The van der Waals surface area contributed by atoms with Gasteiger partial charge in [0, 0.05) is 18.7 Å². The molecule has 0 unspecified atom stereocenters. The van der Waals surface area contributed by atoms with Crippen molar-refractivity contribution in [3.8, 4) is 0 Å². The summed E-state index contributed by atoms with van der Waals surface area (Å²) < 4.78 is 0. The number of benzene rings is 1. The summed E-state index contributed by atoms with van der Waals surface area (Å²) in [6, 6.07) is 4.17. The maximum atomic E-state index is 10.4. The van der Waals surface area contributed by atoms with E-state index in [-0.39, 0.29) is 5.69 Å². The highest BCUT2D eigenvalue weighted by molar-refractivity contribution is 5.69. The number of hydrogen-bond donors (Lipinski definition) is 3. The van der Waals surface area contributed by atoms with Crippen molar-refractivity contribution < 1.29 is 10.0 Å². The van der Waals surface area contributed by atoms with Crippen LogP contribution in [0.1, 0.15) is 6.92 Å². The van der Waals surface area contributed by atoms with Crippen LogP contribution >= 0.6 is 0 Å². The molecule has 1 aromatic rings. The number of non-ortho nitro benzene ring substituents is 1. The van der Waals surface area contributed by atoms with E-state index >= 15 is 0 Å². The second kappa shape index (κ2) is 4.61. The molecule has 1 aromatic carbocycles. The van der Waals surface area contributed by atoms with Crippen LogP contribution in [0, 0.1) is 10.1 Å². The van der Waals surface area contributed by atoms with Gasteiger partial charge in [-0.05, 0) is 13.0 Å². The molecule has 6 heteroatoms. The van der Waals surface area contributed by atoms with Crippen molar-refractivity contribution in [1.82, 2.24) is 0 Å². The fourth-order valence-electron chi connectivity index (χ4n) is 1.08. The number of aliphatic hydroxyl groups excluding tert-OH is 1. The Labute approximate surface area is 86.9 Å². The van der Waals surface area contributed by atoms with E-state index in [4.69, 9.17) is 10.8 Å². The average Bonchev–Trinajstić information content (AvgIpc) is 2.15. The number of nitrogens with one attached hydrogen (secondary N) is 1. The van der Waals surface area contributed by atoms with Gasteiger partial charge < -0.3 is 16.2 Å². The van der Waals surface area contributed by atoms with Crippen LogP contribution in [-0.2, 0) is 0 Å². The van der Waals surface area contributed by atoms with E-state index in [1.807, 2.05) is 0 Å². The molecule has 0 fully saturated rings. The summed E-state index contributed by atoms with van der Waals surface area (Å²) in [7, 11) is 0. The van der Waals surface area contributed by atoms with Crippen molar-refractivity contribution in [2.45, 2.75) is 13.0 Å². The van der Waals surface area contributed by atoms with E-state index in [9.17, 15) is 10.1 Å². The SMILES string of the molecule is C[C@@H](O)CNc1ccc([N+](=O)[O-])cc1N. The maximum Gasteiger partial charge on any atom is 0.271 e. The molecule has 15 heavy (non-hydrogen) atoms. The van der Waals surface area contributed by atoms with E-state index in [0.717, 1.165) is 0 Å². The molecule has 0 aliphatic carbocycles. The summed E-state index contributed by atoms with van der Waals surface area (Å²) >= 11 is 0. The van der Waals surface area contributed by atoms with Gasteiger partial charge in [0.2, 0.25) is 0 Å². The van der Waals surface area contributed by atoms with Crippen LogP contribution in [0.25, 0.3) is 0 Å². The molecule has 82 valence electrons. The Balaban J connectivity index is 2.79. The normalized spacial score (nSPS) is 12.1. The lowest BCUT2D eigenvalue weighted by Gasteiger charge is -2.10. The number of nitro benzene ring substituents is 1. The van der Waals surface area contributed by atoms with E-state index in [1.54, 1.807) is 6.92 Å². The predicted octanol–water partition coefficient (Wildman–Crippen LogP) is 0.970. The van der Waals surface area contributed by atoms with Crippen LogP contribution in [0.2, 0.25) is 0 Å². The Bertz CT molecular complexity index is 366. The molecule has 6 nitrogen and oxygen atoms in total. The zero-order valence-electron chi connectivity index (χ0n) is 8.30. The monoisotopic (exact) mass is 211 g/mol. The minimum Gasteiger partial charge on any atom is -0.397 e. The van der Waals surface area contributed by atoms with Crippen LogP contribution in [0.3, 0.4) is 0 Å². The topological polar surface area (TPSA) is 101 Å². The zero-order chi connectivity index (χ0) is 11.4. The van der Waals surface area contributed by atoms with Crippen LogP contribution < -0.4 is 11.1 Å². The molecule has 0 aromatic heterocycles. The number of nitrogen functional groups attached to an aromatic ring is 1. The molecule has 0 radical (unpaired) electrons. The van der Waals surface area contributed by atoms with E-state index in [0.29, 0.717) is 17.9 Å². The Morgan fingerprint density at radius 3 is 2.80 bits per heavy atom. The summed E-state index contributed by atoms with van der Waals surface area (Å²) in [6.07, 6.45) is -0.500. The van der Waals surface area contributed by atoms with E-state index in [1.165, 1.54) is 18.2 Å².